The van der Waals surface area contributed by atoms with Crippen molar-refractivity contribution in [3.8, 4) is 5.75 Å². The van der Waals surface area contributed by atoms with Gasteiger partial charge in [-0.3, -0.25) is 24.6 Å². The molecule has 0 bridgehead atoms. The van der Waals surface area contributed by atoms with Crippen LogP contribution in [0, 0.1) is 5.82 Å². The summed E-state index contributed by atoms with van der Waals surface area (Å²) in [4.78, 5) is 49.8. The second-order valence-electron chi connectivity index (χ2n) is 10.5. The molecule has 2 atom stereocenters. The number of carbonyl (C=O) groups is 3. The number of amides is 3. The largest absolute Gasteiger partial charge is 0.494 e. The van der Waals surface area contributed by atoms with Gasteiger partial charge < -0.3 is 19.0 Å². The normalized spacial score (nSPS) is 23.6. The minimum absolute atomic E-state index is 0.0304. The molecule has 5 heterocycles. The number of methoxy groups -OCH3 is 1. The highest BCUT2D eigenvalue weighted by Gasteiger charge is 2.53. The monoisotopic (exact) mass is 535 g/mol. The van der Waals surface area contributed by atoms with Gasteiger partial charge in [0.1, 0.15) is 22.5 Å². The predicted molar refractivity (Wildman–Crippen MR) is 140 cm³/mol. The maximum Gasteiger partial charge on any atom is 0.257 e. The van der Waals surface area contributed by atoms with E-state index in [2.05, 4.69) is 29.0 Å². The van der Waals surface area contributed by atoms with Gasteiger partial charge in [-0.25, -0.2) is 9.37 Å². The molecule has 0 saturated carbocycles. The Morgan fingerprint density at radius 3 is 2.72 bits per heavy atom. The second-order valence-corrected chi connectivity index (χ2v) is 10.5. The second kappa shape index (κ2) is 9.33. The zero-order valence-corrected chi connectivity index (χ0v) is 22.1. The van der Waals surface area contributed by atoms with Crippen LogP contribution in [0.2, 0.25) is 0 Å². The number of nitrogens with one attached hydrogen (secondary N) is 1. The van der Waals surface area contributed by atoms with E-state index in [0.29, 0.717) is 22.7 Å². The van der Waals surface area contributed by atoms with Crippen LogP contribution in [0.5, 0.6) is 5.75 Å². The van der Waals surface area contributed by atoms with Crippen molar-refractivity contribution in [2.24, 2.45) is 0 Å². The highest BCUT2D eigenvalue weighted by Crippen LogP contribution is 2.40. The number of hydrogen-bond acceptors (Lipinski definition) is 8. The number of likely N-dealkylation sites (N-methyl/N-ethyl adjacent to an activating group) is 1. The molecule has 3 aliphatic rings. The van der Waals surface area contributed by atoms with Crippen molar-refractivity contribution in [2.45, 2.75) is 38.3 Å². The van der Waals surface area contributed by atoms with Gasteiger partial charge in [0.05, 0.1) is 19.1 Å². The number of hydrogen-bond donors (Lipinski definition) is 1. The third-order valence-corrected chi connectivity index (χ3v) is 8.21. The predicted octanol–water partition coefficient (Wildman–Crippen LogP) is 2.45. The molecule has 3 aromatic rings. The van der Waals surface area contributed by atoms with E-state index < -0.39 is 29.0 Å². The van der Waals surface area contributed by atoms with Gasteiger partial charge in [-0.2, -0.15) is 0 Å². The van der Waals surface area contributed by atoms with E-state index >= 15 is 0 Å². The SMILES string of the molecule is CCN1CCN(c2ccc3oc([C@]4(CN5Cc6ccc(OC)c(F)c6C5=O)CC(=O)NC4=O)cc3n2)C[C@@H]1C. The van der Waals surface area contributed by atoms with E-state index in [9.17, 15) is 18.8 Å². The maximum atomic E-state index is 14.9. The Labute approximate surface area is 224 Å². The van der Waals surface area contributed by atoms with Crippen molar-refractivity contribution in [3.05, 3.63) is 53.0 Å². The van der Waals surface area contributed by atoms with Gasteiger partial charge >= 0.3 is 0 Å². The summed E-state index contributed by atoms with van der Waals surface area (Å²) in [7, 11) is 1.33. The Kier molecular flexibility index (Phi) is 6.05. The number of fused-ring (bicyclic) bond motifs is 2. The number of benzene rings is 1. The molecule has 3 aliphatic heterocycles. The van der Waals surface area contributed by atoms with E-state index in [0.717, 1.165) is 32.0 Å². The van der Waals surface area contributed by atoms with Crippen LogP contribution in [0.3, 0.4) is 0 Å². The van der Waals surface area contributed by atoms with E-state index in [4.69, 9.17) is 14.1 Å². The Morgan fingerprint density at radius 1 is 1.21 bits per heavy atom. The van der Waals surface area contributed by atoms with Gasteiger partial charge in [0, 0.05) is 44.8 Å². The number of aromatic nitrogens is 1. The highest BCUT2D eigenvalue weighted by molar-refractivity contribution is 6.10. The van der Waals surface area contributed by atoms with Crippen LogP contribution >= 0.6 is 0 Å². The van der Waals surface area contributed by atoms with Gasteiger partial charge in [0.2, 0.25) is 11.8 Å². The molecule has 2 fully saturated rings. The lowest BCUT2D eigenvalue weighted by molar-refractivity contribution is -0.127. The summed E-state index contributed by atoms with van der Waals surface area (Å²) in [6.45, 7) is 7.94. The summed E-state index contributed by atoms with van der Waals surface area (Å²) < 4.78 is 26.1. The summed E-state index contributed by atoms with van der Waals surface area (Å²) in [5, 5.41) is 2.36. The summed E-state index contributed by atoms with van der Waals surface area (Å²) in [6.07, 6.45) is -0.194. The molecule has 39 heavy (non-hydrogen) atoms. The minimum atomic E-state index is -1.46. The van der Waals surface area contributed by atoms with Crippen LogP contribution in [0.1, 0.15) is 41.9 Å². The molecule has 1 N–H and O–H groups in total. The van der Waals surface area contributed by atoms with Gasteiger partial charge in [0.25, 0.3) is 5.91 Å². The molecule has 2 aromatic heterocycles. The molecule has 0 unspecified atom stereocenters. The van der Waals surface area contributed by atoms with Crippen molar-refractivity contribution >= 4 is 34.6 Å². The number of ether oxygens (including phenoxy) is 1. The van der Waals surface area contributed by atoms with Gasteiger partial charge in [-0.05, 0) is 37.2 Å². The summed E-state index contributed by atoms with van der Waals surface area (Å²) in [5.74, 6) is -1.29. The molecule has 11 heteroatoms. The highest BCUT2D eigenvalue weighted by atomic mass is 19.1. The van der Waals surface area contributed by atoms with Gasteiger partial charge in [-0.1, -0.05) is 13.0 Å². The van der Waals surface area contributed by atoms with Crippen molar-refractivity contribution < 1.29 is 27.9 Å². The van der Waals surface area contributed by atoms with Crippen LogP contribution < -0.4 is 15.0 Å². The van der Waals surface area contributed by atoms with Crippen LogP contribution in [-0.4, -0.2) is 78.4 Å². The van der Waals surface area contributed by atoms with Crippen molar-refractivity contribution in [3.63, 3.8) is 0 Å². The first-order valence-corrected chi connectivity index (χ1v) is 13.1. The third-order valence-electron chi connectivity index (χ3n) is 8.21. The van der Waals surface area contributed by atoms with Crippen molar-refractivity contribution in [2.75, 3.05) is 44.7 Å². The number of pyridine rings is 1. The van der Waals surface area contributed by atoms with Crippen LogP contribution in [-0.2, 0) is 21.5 Å². The van der Waals surface area contributed by atoms with Crippen LogP contribution in [0.4, 0.5) is 10.2 Å². The molecule has 0 radical (unpaired) electrons. The van der Waals surface area contributed by atoms with E-state index in [-0.39, 0.29) is 36.6 Å². The lowest BCUT2D eigenvalue weighted by Gasteiger charge is -2.39. The lowest BCUT2D eigenvalue weighted by atomic mass is 9.82. The zero-order valence-electron chi connectivity index (χ0n) is 22.1. The number of furan rings is 1. The average molecular weight is 536 g/mol. The molecular formula is C28H30FN5O5. The fourth-order valence-corrected chi connectivity index (χ4v) is 6.05. The quantitative estimate of drug-likeness (QED) is 0.480. The van der Waals surface area contributed by atoms with E-state index in [1.54, 1.807) is 12.1 Å². The number of piperazine rings is 1. The summed E-state index contributed by atoms with van der Waals surface area (Å²) in [6, 6.07) is 8.89. The first-order valence-electron chi connectivity index (χ1n) is 13.1. The smallest absolute Gasteiger partial charge is 0.257 e. The summed E-state index contributed by atoms with van der Waals surface area (Å²) in [5.41, 5.74) is -0.00918. The molecule has 2 saturated heterocycles. The fourth-order valence-electron chi connectivity index (χ4n) is 6.05. The number of halogens is 1. The molecule has 0 spiro atoms. The molecule has 0 aliphatic carbocycles. The number of anilines is 1. The number of imide groups is 1. The molecule has 3 amide bonds. The van der Waals surface area contributed by atoms with E-state index in [1.807, 2.05) is 12.1 Å². The molecule has 10 nitrogen and oxygen atoms in total. The third kappa shape index (κ3) is 4.03. The topological polar surface area (TPSA) is 108 Å². The minimum Gasteiger partial charge on any atom is -0.494 e. The fraction of sp³-hybridized carbons (Fsp3) is 0.429. The van der Waals surface area contributed by atoms with Gasteiger partial charge in [-0.15, -0.1) is 0 Å². The molecule has 204 valence electrons. The van der Waals surface area contributed by atoms with E-state index in [1.165, 1.54) is 18.1 Å². The molecule has 6 rings (SSSR count). The molecular weight excluding hydrogens is 505 g/mol. The van der Waals surface area contributed by atoms with Crippen molar-refractivity contribution in [1.82, 2.24) is 20.1 Å². The number of carbonyl (C=O) groups excluding carboxylic acids is 3. The first-order chi connectivity index (χ1) is 18.7. The average Bonchev–Trinajstić information content (AvgIpc) is 3.57. The van der Waals surface area contributed by atoms with Crippen LogP contribution in [0.15, 0.2) is 34.7 Å². The maximum absolute atomic E-state index is 14.9. The Hall–Kier alpha value is -3.99. The Morgan fingerprint density at radius 2 is 2.03 bits per heavy atom. The number of rotatable bonds is 6. The summed E-state index contributed by atoms with van der Waals surface area (Å²) >= 11 is 0. The van der Waals surface area contributed by atoms with Gasteiger partial charge in [0.15, 0.2) is 17.1 Å². The molecule has 1 aromatic carbocycles. The van der Waals surface area contributed by atoms with Crippen molar-refractivity contribution in [1.29, 1.82) is 0 Å². The zero-order chi connectivity index (χ0) is 27.5. The Bertz CT molecular complexity index is 1500. The lowest BCUT2D eigenvalue weighted by Crippen LogP contribution is -2.51. The van der Waals surface area contributed by atoms with Crippen LogP contribution in [0.25, 0.3) is 11.1 Å². The first kappa shape index (κ1) is 25.3. The number of nitrogens with zero attached hydrogens (tertiary/aromatic N) is 4. The standard InChI is InChI=1S/C28H30FN5O5/c1-4-32-9-10-33(13-16(32)2)22-8-7-19-18(30-22)11-21(39-19)28(12-23(35)31-27(28)37)15-34-14-17-5-6-20(38-3)25(29)24(17)26(34)36/h5-8,11,16H,4,9-10,12-15H2,1-3H3,(H,31,35,37)/t16-,28+/m0/s1. The Balaban J connectivity index is 1.32.